The predicted octanol–water partition coefficient (Wildman–Crippen LogP) is 1.23. The molecule has 6 heteroatoms. The average molecular weight is 321 g/mol. The van der Waals surface area contributed by atoms with Crippen molar-refractivity contribution >= 4 is 23.6 Å². The molecule has 22 heavy (non-hydrogen) atoms. The molecule has 1 fully saturated rings. The minimum atomic E-state index is -1.02. The molecule has 0 saturated carbocycles. The molecule has 0 aromatic heterocycles. The van der Waals surface area contributed by atoms with Crippen LogP contribution < -0.4 is 5.73 Å². The van der Waals surface area contributed by atoms with E-state index in [4.69, 9.17) is 10.5 Å². The Morgan fingerprint density at radius 3 is 2.55 bits per heavy atom. The number of nitrogens with zero attached hydrogens (tertiary/aromatic N) is 1. The summed E-state index contributed by atoms with van der Waals surface area (Å²) in [5, 5.41) is 0. The fraction of sp³-hybridized carbons (Fsp3) is 0.438. The van der Waals surface area contributed by atoms with Gasteiger partial charge >= 0.3 is 0 Å². The van der Waals surface area contributed by atoms with E-state index >= 15 is 0 Å². The van der Waals surface area contributed by atoms with Gasteiger partial charge in [-0.1, -0.05) is 30.3 Å². The summed E-state index contributed by atoms with van der Waals surface area (Å²) in [6.45, 7) is 3.86. The first kappa shape index (κ1) is 16.8. The van der Waals surface area contributed by atoms with Gasteiger partial charge in [-0.3, -0.25) is 9.59 Å². The van der Waals surface area contributed by atoms with Gasteiger partial charge in [0.05, 0.1) is 19.6 Å². The van der Waals surface area contributed by atoms with Gasteiger partial charge in [0.1, 0.15) is 4.75 Å². The maximum absolute atomic E-state index is 12.3. The molecule has 1 radical (unpaired) electrons. The molecule has 1 unspecified atom stereocenters. The first-order valence-corrected chi connectivity index (χ1v) is 8.20. The Kier molecular flexibility index (Phi) is 5.85. The van der Waals surface area contributed by atoms with Gasteiger partial charge in [-0.2, -0.15) is 0 Å². The summed E-state index contributed by atoms with van der Waals surface area (Å²) >= 11 is 1.37. The summed E-state index contributed by atoms with van der Waals surface area (Å²) in [6.07, 6.45) is 1.44. The van der Waals surface area contributed by atoms with Crippen LogP contribution >= 0.6 is 11.8 Å². The Morgan fingerprint density at radius 2 is 1.95 bits per heavy atom. The molecular formula is C16H21N2O3S. The van der Waals surface area contributed by atoms with Crippen molar-refractivity contribution in [2.24, 2.45) is 5.73 Å². The maximum Gasteiger partial charge on any atom is 0.234 e. The standard InChI is InChI=1S/C16H21N2O3S/c1-16(15(17)20,22-12-13-5-3-2-4-6-13)11-14(19)18-7-9-21-10-8-18/h2-6,11H,7-10,12H2,1H3,(H2,17,20). The lowest BCUT2D eigenvalue weighted by molar-refractivity contribution is -0.133. The minimum absolute atomic E-state index is 0.162. The van der Waals surface area contributed by atoms with E-state index in [0.717, 1.165) is 5.56 Å². The molecule has 0 spiro atoms. The Morgan fingerprint density at radius 1 is 1.32 bits per heavy atom. The average Bonchev–Trinajstić information content (AvgIpc) is 2.54. The molecule has 119 valence electrons. The quantitative estimate of drug-likeness (QED) is 0.855. The van der Waals surface area contributed by atoms with Crippen LogP contribution in [0.5, 0.6) is 0 Å². The molecular weight excluding hydrogens is 300 g/mol. The normalized spacial score (nSPS) is 17.8. The first-order valence-electron chi connectivity index (χ1n) is 7.21. The second kappa shape index (κ2) is 7.65. The summed E-state index contributed by atoms with van der Waals surface area (Å²) in [5.41, 5.74) is 6.62. The van der Waals surface area contributed by atoms with Crippen LogP contribution in [0, 0.1) is 6.42 Å². The van der Waals surface area contributed by atoms with Crippen molar-refractivity contribution in [2.45, 2.75) is 17.4 Å². The van der Waals surface area contributed by atoms with Gasteiger partial charge in [-0.25, -0.2) is 0 Å². The van der Waals surface area contributed by atoms with E-state index in [-0.39, 0.29) is 5.91 Å². The van der Waals surface area contributed by atoms with Crippen molar-refractivity contribution in [3.63, 3.8) is 0 Å². The van der Waals surface area contributed by atoms with Crippen LogP contribution in [0.15, 0.2) is 30.3 Å². The molecule has 1 heterocycles. The van der Waals surface area contributed by atoms with Crippen LogP contribution in [0.4, 0.5) is 0 Å². The van der Waals surface area contributed by atoms with Gasteiger partial charge in [-0.05, 0) is 12.5 Å². The number of nitrogens with two attached hydrogens (primary N) is 1. The minimum Gasteiger partial charge on any atom is -0.378 e. The molecule has 1 saturated heterocycles. The molecule has 1 aromatic rings. The van der Waals surface area contributed by atoms with E-state index in [1.54, 1.807) is 11.8 Å². The van der Waals surface area contributed by atoms with Crippen LogP contribution in [0.2, 0.25) is 0 Å². The largest absolute Gasteiger partial charge is 0.378 e. The van der Waals surface area contributed by atoms with Gasteiger partial charge in [0.25, 0.3) is 0 Å². The number of amides is 2. The smallest absolute Gasteiger partial charge is 0.234 e. The second-order valence-corrected chi connectivity index (χ2v) is 6.75. The van der Waals surface area contributed by atoms with Crippen molar-refractivity contribution in [1.29, 1.82) is 0 Å². The topological polar surface area (TPSA) is 72.6 Å². The Bertz CT molecular complexity index is 517. The predicted molar refractivity (Wildman–Crippen MR) is 87.0 cm³/mol. The highest BCUT2D eigenvalue weighted by Crippen LogP contribution is 2.31. The number of hydrogen-bond donors (Lipinski definition) is 1. The van der Waals surface area contributed by atoms with Crippen LogP contribution in [0.3, 0.4) is 0 Å². The molecule has 1 aliphatic rings. The monoisotopic (exact) mass is 321 g/mol. The van der Waals surface area contributed by atoms with Gasteiger partial charge in [0, 0.05) is 18.8 Å². The highest BCUT2D eigenvalue weighted by molar-refractivity contribution is 8.00. The zero-order valence-electron chi connectivity index (χ0n) is 12.7. The lowest BCUT2D eigenvalue weighted by Crippen LogP contribution is -2.47. The molecule has 1 aromatic carbocycles. The van der Waals surface area contributed by atoms with Crippen LogP contribution in [0.25, 0.3) is 0 Å². The summed E-state index contributed by atoms with van der Waals surface area (Å²) in [4.78, 5) is 25.8. The summed E-state index contributed by atoms with van der Waals surface area (Å²) in [6, 6.07) is 9.80. The summed E-state index contributed by atoms with van der Waals surface area (Å²) in [7, 11) is 0. The number of carbonyl (C=O) groups is 2. The highest BCUT2D eigenvalue weighted by Gasteiger charge is 2.36. The number of rotatable bonds is 6. The number of benzene rings is 1. The third-order valence-electron chi connectivity index (χ3n) is 3.59. The van der Waals surface area contributed by atoms with Gasteiger partial charge in [0.15, 0.2) is 0 Å². The molecule has 2 N–H and O–H groups in total. The van der Waals surface area contributed by atoms with Crippen LogP contribution in [-0.4, -0.2) is 47.8 Å². The van der Waals surface area contributed by atoms with E-state index in [2.05, 4.69) is 0 Å². The molecule has 2 rings (SSSR count). The fourth-order valence-electron chi connectivity index (χ4n) is 2.10. The van der Waals surface area contributed by atoms with E-state index in [1.165, 1.54) is 18.2 Å². The van der Waals surface area contributed by atoms with Gasteiger partial charge in [0.2, 0.25) is 11.8 Å². The van der Waals surface area contributed by atoms with Gasteiger partial charge < -0.3 is 15.4 Å². The summed E-state index contributed by atoms with van der Waals surface area (Å²) < 4.78 is 4.21. The molecule has 2 amide bonds. The Balaban J connectivity index is 1.97. The zero-order valence-corrected chi connectivity index (χ0v) is 13.5. The lowest BCUT2D eigenvalue weighted by Gasteiger charge is -2.31. The van der Waals surface area contributed by atoms with Crippen molar-refractivity contribution in [3.8, 4) is 0 Å². The number of thioether (sulfide) groups is 1. The van der Waals surface area contributed by atoms with Gasteiger partial charge in [-0.15, -0.1) is 11.8 Å². The molecule has 0 aliphatic carbocycles. The Hall–Kier alpha value is -1.53. The number of hydrogen-bond acceptors (Lipinski definition) is 4. The van der Waals surface area contributed by atoms with Crippen molar-refractivity contribution < 1.29 is 14.3 Å². The number of carbonyl (C=O) groups excluding carboxylic acids is 2. The highest BCUT2D eigenvalue weighted by atomic mass is 32.2. The van der Waals surface area contributed by atoms with Crippen molar-refractivity contribution in [3.05, 3.63) is 42.3 Å². The first-order chi connectivity index (χ1) is 10.5. The number of ether oxygens (including phenoxy) is 1. The van der Waals surface area contributed by atoms with Crippen molar-refractivity contribution in [1.82, 2.24) is 4.90 Å². The third-order valence-corrected chi connectivity index (χ3v) is 4.99. The van der Waals surface area contributed by atoms with E-state index in [9.17, 15) is 9.59 Å². The molecule has 0 bridgehead atoms. The van der Waals surface area contributed by atoms with E-state index < -0.39 is 10.7 Å². The lowest BCUT2D eigenvalue weighted by atomic mass is 10.1. The summed E-state index contributed by atoms with van der Waals surface area (Å²) in [5.74, 6) is -0.0483. The Labute approximate surface area is 135 Å². The second-order valence-electron chi connectivity index (χ2n) is 5.33. The SMILES string of the molecule is CC([CH]C(=O)N1CCOCC1)(SCc1ccccc1)C(N)=O. The fourth-order valence-corrected chi connectivity index (χ4v) is 3.09. The molecule has 1 aliphatic heterocycles. The van der Waals surface area contributed by atoms with Crippen molar-refractivity contribution in [2.75, 3.05) is 26.3 Å². The van der Waals surface area contributed by atoms with Crippen LogP contribution in [-0.2, 0) is 20.1 Å². The number of primary amides is 1. The van der Waals surface area contributed by atoms with Crippen LogP contribution in [0.1, 0.15) is 12.5 Å². The molecule has 1 atom stereocenters. The number of morpholine rings is 1. The van der Waals surface area contributed by atoms with E-state index in [0.29, 0.717) is 32.1 Å². The maximum atomic E-state index is 12.3. The zero-order chi connectivity index (χ0) is 16.0. The molecule has 5 nitrogen and oxygen atoms in total. The third kappa shape index (κ3) is 4.48. The van der Waals surface area contributed by atoms with E-state index in [1.807, 2.05) is 30.3 Å².